The van der Waals surface area contributed by atoms with Crippen molar-refractivity contribution in [1.82, 2.24) is 9.88 Å². The molecule has 0 amide bonds. The van der Waals surface area contributed by atoms with E-state index in [4.69, 9.17) is 4.98 Å². The summed E-state index contributed by atoms with van der Waals surface area (Å²) in [6.45, 7) is 8.12. The summed E-state index contributed by atoms with van der Waals surface area (Å²) in [5.74, 6) is 0.273. The number of carbonyl (C=O) groups is 1. The Morgan fingerprint density at radius 1 is 1.12 bits per heavy atom. The van der Waals surface area contributed by atoms with Gasteiger partial charge in [-0.3, -0.25) is 9.79 Å². The topological polar surface area (TPSA) is 45.6 Å². The van der Waals surface area contributed by atoms with Crippen molar-refractivity contribution in [1.29, 1.82) is 0 Å². The molecule has 32 heavy (non-hydrogen) atoms. The first kappa shape index (κ1) is 22.4. The molecule has 0 bridgehead atoms. The fourth-order valence-electron chi connectivity index (χ4n) is 4.15. The van der Waals surface area contributed by atoms with Crippen LogP contribution >= 0.6 is 11.3 Å². The number of nitrogens with zero attached hydrogens (tertiary/aromatic N) is 3. The minimum absolute atomic E-state index is 0.273. The first-order chi connectivity index (χ1) is 15.4. The minimum atomic E-state index is 0.273. The lowest BCUT2D eigenvalue weighted by molar-refractivity contribution is 0.0972. The first-order valence-electron chi connectivity index (χ1n) is 11.3. The van der Waals surface area contributed by atoms with Gasteiger partial charge in [-0.15, -0.1) is 11.3 Å². The van der Waals surface area contributed by atoms with Gasteiger partial charge < -0.3 is 4.90 Å². The van der Waals surface area contributed by atoms with Crippen LogP contribution < -0.4 is 0 Å². The van der Waals surface area contributed by atoms with E-state index in [1.165, 1.54) is 27.8 Å². The molecule has 1 heterocycles. The van der Waals surface area contributed by atoms with E-state index < -0.39 is 0 Å². The van der Waals surface area contributed by atoms with Crippen LogP contribution in [0.15, 0.2) is 40.7 Å². The maximum atomic E-state index is 12.1. The average Bonchev–Trinajstić information content (AvgIpc) is 3.25. The molecule has 0 atom stereocenters. The van der Waals surface area contributed by atoms with E-state index in [-0.39, 0.29) is 5.78 Å². The van der Waals surface area contributed by atoms with E-state index in [0.29, 0.717) is 13.0 Å². The summed E-state index contributed by atoms with van der Waals surface area (Å²) in [6, 6.07) is 10.7. The number of aromatic nitrogens is 1. The number of Topliss-reactive ketones (excluding diaryl/α,β-unsaturated/α-hetero) is 1. The predicted octanol–water partition coefficient (Wildman–Crippen LogP) is 6.02. The number of carbonyl (C=O) groups excluding carboxylic acids is 1. The van der Waals surface area contributed by atoms with Crippen LogP contribution in [0.25, 0.3) is 10.6 Å². The molecule has 1 aliphatic rings. The molecule has 4 rings (SSSR count). The van der Waals surface area contributed by atoms with Crippen molar-refractivity contribution in [3.05, 3.63) is 74.8 Å². The molecule has 0 spiro atoms. The normalized spacial score (nSPS) is 13.6. The van der Waals surface area contributed by atoms with Crippen LogP contribution in [0.1, 0.15) is 63.6 Å². The van der Waals surface area contributed by atoms with E-state index in [1.807, 2.05) is 25.5 Å². The Kier molecular flexibility index (Phi) is 6.85. The summed E-state index contributed by atoms with van der Waals surface area (Å²) in [5.41, 5.74) is 9.43. The van der Waals surface area contributed by atoms with Crippen LogP contribution in [0.2, 0.25) is 0 Å². The lowest BCUT2D eigenvalue weighted by Gasteiger charge is -2.15. The van der Waals surface area contributed by atoms with Gasteiger partial charge in [0.1, 0.15) is 5.01 Å². The summed E-state index contributed by atoms with van der Waals surface area (Å²) in [6.07, 6.45) is 5.35. The highest BCUT2D eigenvalue weighted by Gasteiger charge is 2.18. The lowest BCUT2D eigenvalue weighted by atomic mass is 9.89. The molecule has 0 saturated carbocycles. The highest BCUT2D eigenvalue weighted by atomic mass is 32.1. The summed E-state index contributed by atoms with van der Waals surface area (Å²) in [7, 11) is 2.04. The Hall–Kier alpha value is -2.79. The van der Waals surface area contributed by atoms with Gasteiger partial charge in [0.05, 0.1) is 18.6 Å². The molecule has 0 N–H and O–H groups in total. The standard InChI is InChI=1S/C27H31N3OS/c1-5-30(4)17-28-15-23-12-18(2)22(11-19(23)3)14-24-16-32-27(29-24)21-9-10-25-20(13-21)7-6-8-26(25)31/h9-13,16-17H,5-8,14-15H2,1-4H3. The predicted molar refractivity (Wildman–Crippen MR) is 134 cm³/mol. The van der Waals surface area contributed by atoms with Crippen LogP contribution in [-0.2, 0) is 19.4 Å². The summed E-state index contributed by atoms with van der Waals surface area (Å²) < 4.78 is 0. The average molecular weight is 446 g/mol. The Bertz CT molecular complexity index is 1160. The SMILES string of the molecule is CCN(C)C=NCc1cc(C)c(Cc2csc(-c3ccc4c(c3)CCCC4=O)n2)cc1C. The van der Waals surface area contributed by atoms with Crippen molar-refractivity contribution in [2.75, 3.05) is 13.6 Å². The maximum absolute atomic E-state index is 12.1. The molecule has 166 valence electrons. The number of ketones is 1. The number of aryl methyl sites for hydroxylation is 3. The molecule has 0 radical (unpaired) electrons. The number of aliphatic imine (C=N–C) groups is 1. The number of fused-ring (bicyclic) bond motifs is 1. The van der Waals surface area contributed by atoms with Crippen molar-refractivity contribution in [2.24, 2.45) is 4.99 Å². The van der Waals surface area contributed by atoms with Gasteiger partial charge in [-0.1, -0.05) is 24.3 Å². The van der Waals surface area contributed by atoms with Gasteiger partial charge >= 0.3 is 0 Å². The van der Waals surface area contributed by atoms with Gasteiger partial charge in [0.15, 0.2) is 5.78 Å². The number of benzene rings is 2. The molecule has 1 aromatic heterocycles. The monoisotopic (exact) mass is 445 g/mol. The van der Waals surface area contributed by atoms with Crippen LogP contribution in [0, 0.1) is 13.8 Å². The summed E-state index contributed by atoms with van der Waals surface area (Å²) in [4.78, 5) is 23.7. The zero-order valence-corrected chi connectivity index (χ0v) is 20.3. The minimum Gasteiger partial charge on any atom is -0.366 e. The zero-order chi connectivity index (χ0) is 22.7. The van der Waals surface area contributed by atoms with E-state index in [9.17, 15) is 4.79 Å². The zero-order valence-electron chi connectivity index (χ0n) is 19.4. The fourth-order valence-corrected chi connectivity index (χ4v) is 4.97. The number of hydrogen-bond donors (Lipinski definition) is 0. The quantitative estimate of drug-likeness (QED) is 0.330. The van der Waals surface area contributed by atoms with Gasteiger partial charge in [-0.25, -0.2) is 4.98 Å². The van der Waals surface area contributed by atoms with Crippen molar-refractivity contribution in [3.63, 3.8) is 0 Å². The third-order valence-corrected chi connectivity index (χ3v) is 7.20. The van der Waals surface area contributed by atoms with E-state index in [2.05, 4.69) is 54.2 Å². The van der Waals surface area contributed by atoms with Crippen molar-refractivity contribution in [3.8, 4) is 10.6 Å². The number of thiazole rings is 1. The van der Waals surface area contributed by atoms with Crippen molar-refractivity contribution >= 4 is 23.5 Å². The van der Waals surface area contributed by atoms with Crippen LogP contribution in [-0.4, -0.2) is 35.6 Å². The molecule has 5 heteroatoms. The Morgan fingerprint density at radius 2 is 1.91 bits per heavy atom. The molecular weight excluding hydrogens is 414 g/mol. The van der Waals surface area contributed by atoms with Crippen LogP contribution in [0.4, 0.5) is 0 Å². The van der Waals surface area contributed by atoms with Gasteiger partial charge in [0.25, 0.3) is 0 Å². The molecule has 1 aliphatic carbocycles. The second kappa shape index (κ2) is 9.78. The first-order valence-corrected chi connectivity index (χ1v) is 12.2. The smallest absolute Gasteiger partial charge is 0.163 e. The van der Waals surface area contributed by atoms with E-state index >= 15 is 0 Å². The Morgan fingerprint density at radius 3 is 2.72 bits per heavy atom. The number of rotatable bonds is 7. The van der Waals surface area contributed by atoms with Crippen LogP contribution in [0.3, 0.4) is 0 Å². The Labute approximate surface area is 195 Å². The molecule has 0 unspecified atom stereocenters. The van der Waals surface area contributed by atoms with Crippen molar-refractivity contribution < 1.29 is 4.79 Å². The van der Waals surface area contributed by atoms with E-state index in [0.717, 1.165) is 47.6 Å². The maximum Gasteiger partial charge on any atom is 0.163 e. The molecule has 3 aromatic rings. The highest BCUT2D eigenvalue weighted by Crippen LogP contribution is 2.30. The van der Waals surface area contributed by atoms with Crippen molar-refractivity contribution in [2.45, 2.75) is 53.0 Å². The van der Waals surface area contributed by atoms with Gasteiger partial charge in [0.2, 0.25) is 0 Å². The van der Waals surface area contributed by atoms with Gasteiger partial charge in [0, 0.05) is 42.9 Å². The van der Waals surface area contributed by atoms with E-state index in [1.54, 1.807) is 11.3 Å². The molecular formula is C27H31N3OS. The lowest BCUT2D eigenvalue weighted by Crippen LogP contribution is -2.14. The molecule has 2 aromatic carbocycles. The largest absolute Gasteiger partial charge is 0.366 e. The summed E-state index contributed by atoms with van der Waals surface area (Å²) in [5, 5.41) is 3.19. The number of hydrogen-bond acceptors (Lipinski definition) is 4. The molecule has 0 saturated heterocycles. The molecule has 4 nitrogen and oxygen atoms in total. The van der Waals surface area contributed by atoms with Crippen LogP contribution in [0.5, 0.6) is 0 Å². The fraction of sp³-hybridized carbons (Fsp3) is 0.370. The third-order valence-electron chi connectivity index (χ3n) is 6.26. The summed E-state index contributed by atoms with van der Waals surface area (Å²) >= 11 is 1.68. The van der Waals surface area contributed by atoms with Gasteiger partial charge in [-0.05, 0) is 67.5 Å². The Balaban J connectivity index is 1.49. The molecule has 0 fully saturated rings. The second-order valence-corrected chi connectivity index (χ2v) is 9.56. The third kappa shape index (κ3) is 4.99. The highest BCUT2D eigenvalue weighted by molar-refractivity contribution is 7.13. The molecule has 0 aliphatic heterocycles. The van der Waals surface area contributed by atoms with Gasteiger partial charge in [-0.2, -0.15) is 0 Å². The second-order valence-electron chi connectivity index (χ2n) is 8.70.